The third-order valence-corrected chi connectivity index (χ3v) is 7.14. The van der Waals surface area contributed by atoms with E-state index in [1.807, 2.05) is 34.1 Å². The van der Waals surface area contributed by atoms with Gasteiger partial charge in [-0.25, -0.2) is 14.0 Å². The molecule has 1 aromatic carbocycles. The Morgan fingerprint density at radius 2 is 1.90 bits per heavy atom. The molecule has 156 valence electrons. The van der Waals surface area contributed by atoms with E-state index in [-0.39, 0.29) is 18.1 Å². The van der Waals surface area contributed by atoms with Crippen LogP contribution in [-0.2, 0) is 11.3 Å². The minimum absolute atomic E-state index is 0.00450. The molecular weight excluding hydrogens is 380 g/mol. The van der Waals surface area contributed by atoms with Crippen molar-refractivity contribution in [3.63, 3.8) is 0 Å². The first-order chi connectivity index (χ1) is 14.7. The number of hydrogen-bond acceptors (Lipinski definition) is 5. The lowest BCUT2D eigenvalue weighted by Gasteiger charge is -2.44. The molecule has 2 atom stereocenters. The lowest BCUT2D eigenvalue weighted by Crippen LogP contribution is -2.51. The number of benzene rings is 1. The van der Waals surface area contributed by atoms with Crippen LogP contribution in [0.1, 0.15) is 44.1 Å². The Labute approximate surface area is 174 Å². The zero-order valence-corrected chi connectivity index (χ0v) is 17.0. The van der Waals surface area contributed by atoms with Gasteiger partial charge in [-0.05, 0) is 43.7 Å². The smallest absolute Gasteiger partial charge is 0.338 e. The standard InChI is InChI=1S/C22H26N6O2/c29-19(25-12-5-7-15-6-1-3-9-17(15)25)14-27-22(30)28-18-10-4-2-8-16(18)20-23-11-13-26(20)21(28)24-27/h2,4,8,10,15,17H,1,3,5-7,9,11-14H2. The number of nitrogens with zero attached hydrogens (tertiary/aromatic N) is 6. The summed E-state index contributed by atoms with van der Waals surface area (Å²) >= 11 is 0. The molecule has 0 spiro atoms. The van der Waals surface area contributed by atoms with Gasteiger partial charge in [-0.2, -0.15) is 0 Å². The van der Waals surface area contributed by atoms with Crippen molar-refractivity contribution in [3.05, 3.63) is 40.3 Å². The third kappa shape index (κ3) is 2.58. The number of piperidine rings is 1. The van der Waals surface area contributed by atoms with E-state index in [1.165, 1.54) is 30.4 Å². The molecule has 8 nitrogen and oxygen atoms in total. The summed E-state index contributed by atoms with van der Waals surface area (Å²) in [7, 11) is 0. The predicted octanol–water partition coefficient (Wildman–Crippen LogP) is 1.80. The highest BCUT2D eigenvalue weighted by Gasteiger charge is 2.37. The molecule has 1 saturated heterocycles. The van der Waals surface area contributed by atoms with Crippen LogP contribution in [-0.4, -0.2) is 56.7 Å². The van der Waals surface area contributed by atoms with Crippen molar-refractivity contribution < 1.29 is 4.79 Å². The normalized spacial score (nSPS) is 24.6. The second-order valence-corrected chi connectivity index (χ2v) is 8.79. The van der Waals surface area contributed by atoms with E-state index in [1.54, 1.807) is 4.57 Å². The first-order valence-electron chi connectivity index (χ1n) is 11.1. The summed E-state index contributed by atoms with van der Waals surface area (Å²) in [6.07, 6.45) is 7.06. The van der Waals surface area contributed by atoms with E-state index < -0.39 is 0 Å². The number of amidine groups is 1. The molecule has 2 fully saturated rings. The highest BCUT2D eigenvalue weighted by molar-refractivity contribution is 6.14. The second kappa shape index (κ2) is 6.82. The summed E-state index contributed by atoms with van der Waals surface area (Å²) in [5, 5.41) is 4.60. The van der Waals surface area contributed by atoms with Crippen LogP contribution in [0.5, 0.6) is 0 Å². The van der Waals surface area contributed by atoms with Crippen molar-refractivity contribution >= 4 is 17.7 Å². The molecule has 1 saturated carbocycles. The number of para-hydroxylation sites is 1. The van der Waals surface area contributed by atoms with Gasteiger partial charge in [0.15, 0.2) is 0 Å². The fourth-order valence-corrected chi connectivity index (χ4v) is 5.77. The van der Waals surface area contributed by atoms with Crippen molar-refractivity contribution in [1.29, 1.82) is 0 Å². The average molecular weight is 406 g/mol. The number of fused-ring (bicyclic) bond motifs is 7. The molecule has 1 aliphatic carbocycles. The predicted molar refractivity (Wildman–Crippen MR) is 113 cm³/mol. The number of amides is 1. The largest absolute Gasteiger partial charge is 0.352 e. The van der Waals surface area contributed by atoms with Gasteiger partial charge in [0.25, 0.3) is 0 Å². The van der Waals surface area contributed by atoms with Crippen LogP contribution in [0.2, 0.25) is 0 Å². The average Bonchev–Trinajstić information content (AvgIpc) is 3.39. The van der Waals surface area contributed by atoms with Crippen molar-refractivity contribution in [2.45, 2.75) is 51.1 Å². The van der Waals surface area contributed by atoms with Gasteiger partial charge in [0.05, 0.1) is 12.2 Å². The van der Waals surface area contributed by atoms with Gasteiger partial charge in [-0.15, -0.1) is 5.10 Å². The summed E-state index contributed by atoms with van der Waals surface area (Å²) in [5.74, 6) is 2.07. The second-order valence-electron chi connectivity index (χ2n) is 8.79. The first kappa shape index (κ1) is 17.9. The molecule has 4 aliphatic rings. The van der Waals surface area contributed by atoms with Crippen LogP contribution in [0.4, 0.5) is 5.95 Å². The molecule has 0 N–H and O–H groups in total. The zero-order valence-electron chi connectivity index (χ0n) is 17.0. The summed E-state index contributed by atoms with van der Waals surface area (Å²) in [6.45, 7) is 2.18. The Balaban J connectivity index is 1.34. The number of anilines is 1. The molecule has 2 aromatic rings. The minimum atomic E-state index is -0.256. The summed E-state index contributed by atoms with van der Waals surface area (Å²) < 4.78 is 2.98. The molecule has 0 bridgehead atoms. The van der Waals surface area contributed by atoms with Gasteiger partial charge in [-0.1, -0.05) is 25.0 Å². The molecule has 2 unspecified atom stereocenters. The fraction of sp³-hybridized carbons (Fsp3) is 0.545. The van der Waals surface area contributed by atoms with Gasteiger partial charge >= 0.3 is 5.69 Å². The van der Waals surface area contributed by atoms with Crippen LogP contribution < -0.4 is 10.6 Å². The molecule has 3 aliphatic heterocycles. The third-order valence-electron chi connectivity index (χ3n) is 7.14. The first-order valence-corrected chi connectivity index (χ1v) is 11.1. The number of hydrogen-bond donors (Lipinski definition) is 0. The quantitative estimate of drug-likeness (QED) is 0.762. The number of carbonyl (C=O) groups is 1. The van der Waals surface area contributed by atoms with E-state index in [4.69, 9.17) is 0 Å². The summed E-state index contributed by atoms with van der Waals surface area (Å²) in [4.78, 5) is 35.2. The Morgan fingerprint density at radius 3 is 2.83 bits per heavy atom. The Morgan fingerprint density at radius 1 is 1.07 bits per heavy atom. The maximum absolute atomic E-state index is 13.3. The van der Waals surface area contributed by atoms with Crippen LogP contribution in [0.3, 0.4) is 0 Å². The van der Waals surface area contributed by atoms with Crippen LogP contribution >= 0.6 is 0 Å². The summed E-state index contributed by atoms with van der Waals surface area (Å²) in [5.41, 5.74) is 1.48. The van der Waals surface area contributed by atoms with Gasteiger partial charge in [-0.3, -0.25) is 14.7 Å². The highest BCUT2D eigenvalue weighted by atomic mass is 16.2. The topological polar surface area (TPSA) is 75.7 Å². The van der Waals surface area contributed by atoms with E-state index in [0.717, 1.165) is 36.5 Å². The molecule has 1 amide bonds. The van der Waals surface area contributed by atoms with Gasteiger partial charge < -0.3 is 4.90 Å². The van der Waals surface area contributed by atoms with Crippen molar-refractivity contribution in [2.75, 3.05) is 24.5 Å². The Bertz CT molecular complexity index is 1100. The molecule has 30 heavy (non-hydrogen) atoms. The minimum Gasteiger partial charge on any atom is -0.338 e. The van der Waals surface area contributed by atoms with Crippen molar-refractivity contribution in [3.8, 4) is 5.69 Å². The van der Waals surface area contributed by atoms with E-state index in [0.29, 0.717) is 31.0 Å². The highest BCUT2D eigenvalue weighted by Crippen LogP contribution is 2.35. The number of carbonyl (C=O) groups excluding carboxylic acids is 1. The number of rotatable bonds is 2. The maximum Gasteiger partial charge on any atom is 0.352 e. The number of likely N-dealkylation sites (tertiary alicyclic amines) is 1. The summed E-state index contributed by atoms with van der Waals surface area (Å²) in [6, 6.07) is 8.12. The molecule has 6 rings (SSSR count). The van der Waals surface area contributed by atoms with E-state index in [9.17, 15) is 9.59 Å². The Hall–Kier alpha value is -2.90. The lowest BCUT2D eigenvalue weighted by molar-refractivity contribution is -0.138. The van der Waals surface area contributed by atoms with E-state index >= 15 is 0 Å². The number of aromatic nitrogens is 3. The van der Waals surface area contributed by atoms with Crippen molar-refractivity contribution in [1.82, 2.24) is 19.2 Å². The monoisotopic (exact) mass is 406 g/mol. The SMILES string of the molecule is O=C(Cn1nc2n(c1=O)-c1ccccc1C1=NCCN12)N1CCCC2CCCCC21. The van der Waals surface area contributed by atoms with Gasteiger partial charge in [0, 0.05) is 24.7 Å². The van der Waals surface area contributed by atoms with Gasteiger partial charge in [0.2, 0.25) is 11.9 Å². The lowest BCUT2D eigenvalue weighted by atomic mass is 9.78. The van der Waals surface area contributed by atoms with Gasteiger partial charge in [0.1, 0.15) is 12.4 Å². The molecule has 4 heterocycles. The van der Waals surface area contributed by atoms with Crippen LogP contribution in [0.15, 0.2) is 34.1 Å². The van der Waals surface area contributed by atoms with Crippen LogP contribution in [0, 0.1) is 5.92 Å². The maximum atomic E-state index is 13.3. The molecule has 1 aromatic heterocycles. The molecule has 8 heteroatoms. The van der Waals surface area contributed by atoms with Crippen molar-refractivity contribution in [2.24, 2.45) is 10.9 Å². The Kier molecular flexibility index (Phi) is 4.07. The molecule has 0 radical (unpaired) electrons. The van der Waals surface area contributed by atoms with Crippen LogP contribution in [0.25, 0.3) is 5.69 Å². The molecular formula is C22H26N6O2. The fourth-order valence-electron chi connectivity index (χ4n) is 5.77. The van der Waals surface area contributed by atoms with E-state index in [2.05, 4.69) is 10.1 Å². The zero-order chi connectivity index (χ0) is 20.2. The number of aliphatic imine (C=N–C) groups is 1.